The molecule has 2 nitrogen and oxygen atoms in total. The lowest BCUT2D eigenvalue weighted by Gasteiger charge is -2.05. The Morgan fingerprint density at radius 1 is 1.00 bits per heavy atom. The van der Waals surface area contributed by atoms with Crippen LogP contribution in [0.2, 0.25) is 0 Å². The molecular formula is C16H16N2. The number of benzene rings is 1. The van der Waals surface area contributed by atoms with Crippen LogP contribution in [0.15, 0.2) is 55.0 Å². The molecule has 0 radical (unpaired) electrons. The van der Waals surface area contributed by atoms with Gasteiger partial charge < -0.3 is 4.40 Å². The van der Waals surface area contributed by atoms with Crippen molar-refractivity contribution in [3.63, 3.8) is 0 Å². The van der Waals surface area contributed by atoms with E-state index in [-0.39, 0.29) is 0 Å². The van der Waals surface area contributed by atoms with E-state index in [2.05, 4.69) is 58.9 Å². The van der Waals surface area contributed by atoms with Gasteiger partial charge in [-0.05, 0) is 37.0 Å². The number of hydrogen-bond donors (Lipinski definition) is 0. The molecule has 3 aromatic rings. The lowest BCUT2D eigenvalue weighted by Crippen LogP contribution is -1.98. The van der Waals surface area contributed by atoms with Crippen molar-refractivity contribution < 1.29 is 0 Å². The molecule has 0 saturated heterocycles. The summed E-state index contributed by atoms with van der Waals surface area (Å²) in [6.45, 7) is 2.14. The number of nitrogens with zero attached hydrogens (tertiary/aromatic N) is 2. The van der Waals surface area contributed by atoms with E-state index in [0.717, 1.165) is 12.8 Å². The average Bonchev–Trinajstić information content (AvgIpc) is 2.80. The second-order valence-electron chi connectivity index (χ2n) is 4.61. The molecule has 18 heavy (non-hydrogen) atoms. The fraction of sp³-hybridized carbons (Fsp3) is 0.188. The smallest absolute Gasteiger partial charge is 0.0696 e. The largest absolute Gasteiger partial charge is 0.320 e. The Morgan fingerprint density at radius 2 is 1.83 bits per heavy atom. The van der Waals surface area contributed by atoms with Crippen molar-refractivity contribution in [2.75, 3.05) is 0 Å². The average molecular weight is 236 g/mol. The first-order valence-electron chi connectivity index (χ1n) is 6.29. The maximum Gasteiger partial charge on any atom is 0.0696 e. The van der Waals surface area contributed by atoms with Crippen LogP contribution in [0.4, 0.5) is 0 Å². The van der Waals surface area contributed by atoms with E-state index in [0.29, 0.717) is 0 Å². The van der Waals surface area contributed by atoms with Crippen LogP contribution < -0.4 is 0 Å². The number of aromatic nitrogens is 2. The van der Waals surface area contributed by atoms with Crippen LogP contribution in [0.1, 0.15) is 16.8 Å². The third-order valence-corrected chi connectivity index (χ3v) is 3.34. The predicted octanol–water partition coefficient (Wildman–Crippen LogP) is 3.43. The number of aryl methyl sites for hydroxylation is 3. The van der Waals surface area contributed by atoms with Crippen LogP contribution in [-0.4, -0.2) is 9.38 Å². The fourth-order valence-electron chi connectivity index (χ4n) is 2.40. The van der Waals surface area contributed by atoms with E-state index < -0.39 is 0 Å². The van der Waals surface area contributed by atoms with Gasteiger partial charge in [-0.3, -0.25) is 4.98 Å². The summed E-state index contributed by atoms with van der Waals surface area (Å²) in [6, 6.07) is 12.7. The van der Waals surface area contributed by atoms with E-state index in [4.69, 9.17) is 0 Å². The molecule has 0 aliphatic heterocycles. The van der Waals surface area contributed by atoms with Gasteiger partial charge in [-0.1, -0.05) is 30.3 Å². The molecule has 0 amide bonds. The minimum absolute atomic E-state index is 0.985. The zero-order valence-corrected chi connectivity index (χ0v) is 10.5. The fourth-order valence-corrected chi connectivity index (χ4v) is 2.40. The third kappa shape index (κ3) is 2.02. The molecule has 0 aliphatic rings. The number of hydrogen-bond acceptors (Lipinski definition) is 1. The molecule has 0 bridgehead atoms. The van der Waals surface area contributed by atoms with Gasteiger partial charge >= 0.3 is 0 Å². The Kier molecular flexibility index (Phi) is 2.85. The molecule has 1 aromatic carbocycles. The molecule has 0 aliphatic carbocycles. The summed E-state index contributed by atoms with van der Waals surface area (Å²) < 4.78 is 2.16. The first-order valence-corrected chi connectivity index (χ1v) is 6.29. The summed E-state index contributed by atoms with van der Waals surface area (Å²) in [7, 11) is 0. The molecule has 0 atom stereocenters. The Labute approximate surface area is 107 Å². The molecular weight excluding hydrogens is 220 g/mol. The van der Waals surface area contributed by atoms with Crippen LogP contribution in [0, 0.1) is 6.92 Å². The van der Waals surface area contributed by atoms with E-state index >= 15 is 0 Å². The third-order valence-electron chi connectivity index (χ3n) is 3.34. The van der Waals surface area contributed by atoms with Gasteiger partial charge in [0, 0.05) is 18.6 Å². The zero-order valence-electron chi connectivity index (χ0n) is 10.5. The Bertz CT molecular complexity index is 653. The molecule has 90 valence electrons. The van der Waals surface area contributed by atoms with Crippen molar-refractivity contribution in [2.45, 2.75) is 19.8 Å². The summed E-state index contributed by atoms with van der Waals surface area (Å²) in [5, 5.41) is 0. The molecule has 0 spiro atoms. The minimum atomic E-state index is 0.985. The first kappa shape index (κ1) is 11.0. The van der Waals surface area contributed by atoms with Crippen molar-refractivity contribution in [1.29, 1.82) is 0 Å². The molecule has 2 aromatic heterocycles. The van der Waals surface area contributed by atoms with Crippen molar-refractivity contribution in [3.8, 4) is 0 Å². The summed E-state index contributed by atoms with van der Waals surface area (Å²) >= 11 is 0. The van der Waals surface area contributed by atoms with Gasteiger partial charge in [0.15, 0.2) is 0 Å². The van der Waals surface area contributed by atoms with Crippen LogP contribution in [0.3, 0.4) is 0 Å². The zero-order chi connectivity index (χ0) is 12.4. The van der Waals surface area contributed by atoms with E-state index in [1.54, 1.807) is 0 Å². The van der Waals surface area contributed by atoms with Crippen molar-refractivity contribution in [2.24, 2.45) is 0 Å². The second kappa shape index (κ2) is 4.65. The van der Waals surface area contributed by atoms with Crippen LogP contribution in [0.25, 0.3) is 5.52 Å². The molecule has 2 heterocycles. The van der Waals surface area contributed by atoms with Gasteiger partial charge in [-0.25, -0.2) is 0 Å². The monoisotopic (exact) mass is 236 g/mol. The summed E-state index contributed by atoms with van der Waals surface area (Å²) in [4.78, 5) is 4.53. The molecule has 0 saturated carbocycles. The second-order valence-corrected chi connectivity index (χ2v) is 4.61. The topological polar surface area (TPSA) is 17.3 Å². The Morgan fingerprint density at radius 3 is 2.67 bits per heavy atom. The highest BCUT2D eigenvalue weighted by atomic mass is 14.9. The highest BCUT2D eigenvalue weighted by molar-refractivity contribution is 5.59. The standard InChI is InChI=1S/C16H16N2/c1-13-9-11-18-12-10-17-15(16(13)18)8-7-14-5-3-2-4-6-14/h2-6,9-12H,7-8H2,1H3. The van der Waals surface area contributed by atoms with Gasteiger partial charge in [-0.2, -0.15) is 0 Å². The van der Waals surface area contributed by atoms with Gasteiger partial charge in [0.2, 0.25) is 0 Å². The van der Waals surface area contributed by atoms with Crippen LogP contribution in [0.5, 0.6) is 0 Å². The minimum Gasteiger partial charge on any atom is -0.320 e. The summed E-state index contributed by atoms with van der Waals surface area (Å²) in [6.07, 6.45) is 8.01. The lowest BCUT2D eigenvalue weighted by molar-refractivity contribution is 0.906. The van der Waals surface area contributed by atoms with E-state index in [9.17, 15) is 0 Å². The first-order chi connectivity index (χ1) is 8.84. The maximum absolute atomic E-state index is 4.53. The van der Waals surface area contributed by atoms with Gasteiger partial charge in [-0.15, -0.1) is 0 Å². The van der Waals surface area contributed by atoms with Gasteiger partial charge in [0.1, 0.15) is 0 Å². The summed E-state index contributed by atoms with van der Waals surface area (Å²) in [5.41, 5.74) is 5.11. The maximum atomic E-state index is 4.53. The van der Waals surface area contributed by atoms with Gasteiger partial charge in [0.05, 0.1) is 11.2 Å². The van der Waals surface area contributed by atoms with Gasteiger partial charge in [0.25, 0.3) is 0 Å². The van der Waals surface area contributed by atoms with E-state index in [1.807, 2.05) is 12.4 Å². The number of fused-ring (bicyclic) bond motifs is 1. The molecule has 2 heteroatoms. The molecule has 0 fully saturated rings. The molecule has 0 unspecified atom stereocenters. The Balaban J connectivity index is 1.89. The normalized spacial score (nSPS) is 10.9. The highest BCUT2D eigenvalue weighted by Crippen LogP contribution is 2.16. The van der Waals surface area contributed by atoms with Crippen molar-refractivity contribution >= 4 is 5.52 Å². The predicted molar refractivity (Wildman–Crippen MR) is 73.8 cm³/mol. The summed E-state index contributed by atoms with van der Waals surface area (Å²) in [5.74, 6) is 0. The van der Waals surface area contributed by atoms with Crippen molar-refractivity contribution in [1.82, 2.24) is 9.38 Å². The molecule has 3 rings (SSSR count). The molecule has 0 N–H and O–H groups in total. The quantitative estimate of drug-likeness (QED) is 0.681. The van der Waals surface area contributed by atoms with Crippen molar-refractivity contribution in [3.05, 3.63) is 71.8 Å². The number of rotatable bonds is 3. The van der Waals surface area contributed by atoms with Crippen LogP contribution in [-0.2, 0) is 12.8 Å². The SMILES string of the molecule is Cc1ccn2ccnc(CCc3ccccc3)c12. The van der Waals surface area contributed by atoms with E-state index in [1.165, 1.54) is 22.3 Å². The van der Waals surface area contributed by atoms with Crippen LogP contribution >= 0.6 is 0 Å². The highest BCUT2D eigenvalue weighted by Gasteiger charge is 2.05. The lowest BCUT2D eigenvalue weighted by atomic mass is 10.1. The Hall–Kier alpha value is -2.09.